The number of aromatic nitrogens is 2. The number of para-hydroxylation sites is 1. The summed E-state index contributed by atoms with van der Waals surface area (Å²) >= 11 is 6.17. The van der Waals surface area contributed by atoms with Crippen molar-refractivity contribution in [2.75, 3.05) is 13.7 Å². The van der Waals surface area contributed by atoms with Gasteiger partial charge in [0.05, 0.1) is 41.9 Å². The van der Waals surface area contributed by atoms with Crippen LogP contribution >= 0.6 is 11.6 Å². The fourth-order valence-corrected chi connectivity index (χ4v) is 4.15. The molecule has 4 aromatic rings. The number of hydrogen-bond donors (Lipinski definition) is 0. The largest absolute Gasteiger partial charge is 0.466 e. The molecule has 0 radical (unpaired) electrons. The number of aliphatic imine (C=N–C) groups is 1. The van der Waals surface area contributed by atoms with Gasteiger partial charge in [-0.1, -0.05) is 72.3 Å². The Morgan fingerprint density at radius 3 is 2.23 bits per heavy atom. The van der Waals surface area contributed by atoms with E-state index in [1.807, 2.05) is 48.5 Å². The number of rotatable bonds is 5. The van der Waals surface area contributed by atoms with Crippen molar-refractivity contribution in [2.24, 2.45) is 4.99 Å². The summed E-state index contributed by atoms with van der Waals surface area (Å²) in [6, 6.07) is 25.8. The molecule has 0 fully saturated rings. The van der Waals surface area contributed by atoms with Crippen molar-refractivity contribution >= 4 is 35.1 Å². The number of Topliss-reactive ketones (excluding diaryl/α,β-unsaturated/α-hetero) is 1. The molecule has 2 heterocycles. The standard InChI is InChI=1S/C28H20ClN3O3/c1-35-28(34)20-16-23-24(25(30-17-20)27(33)19-8-4-2-5-9-19)26(18-12-14-21(29)15-13-18)32(31-23)22-10-6-3-7-11-22/h2-16H,17H2,1H3. The third-order valence-electron chi connectivity index (χ3n) is 5.68. The van der Waals surface area contributed by atoms with Gasteiger partial charge in [-0.3, -0.25) is 9.79 Å². The van der Waals surface area contributed by atoms with Gasteiger partial charge in [-0.05, 0) is 30.3 Å². The molecule has 7 heteroatoms. The third-order valence-corrected chi connectivity index (χ3v) is 5.94. The van der Waals surface area contributed by atoms with Crippen LogP contribution in [0.25, 0.3) is 23.0 Å². The van der Waals surface area contributed by atoms with E-state index in [9.17, 15) is 9.59 Å². The molecule has 0 aliphatic carbocycles. The van der Waals surface area contributed by atoms with E-state index in [0.717, 1.165) is 11.3 Å². The summed E-state index contributed by atoms with van der Waals surface area (Å²) in [4.78, 5) is 30.8. The maximum Gasteiger partial charge on any atom is 0.335 e. The first-order valence-corrected chi connectivity index (χ1v) is 11.3. The van der Waals surface area contributed by atoms with E-state index in [0.29, 0.717) is 33.1 Å². The van der Waals surface area contributed by atoms with Crippen LogP contribution < -0.4 is 0 Å². The molecule has 35 heavy (non-hydrogen) atoms. The molecule has 0 spiro atoms. The molecule has 172 valence electrons. The molecule has 3 aromatic carbocycles. The van der Waals surface area contributed by atoms with Crippen molar-refractivity contribution in [1.29, 1.82) is 0 Å². The lowest BCUT2D eigenvalue weighted by Gasteiger charge is -2.12. The Kier molecular flexibility index (Phi) is 6.12. The van der Waals surface area contributed by atoms with Crippen LogP contribution in [-0.4, -0.2) is 40.9 Å². The fourth-order valence-electron chi connectivity index (χ4n) is 4.02. The van der Waals surface area contributed by atoms with E-state index >= 15 is 0 Å². The predicted octanol–water partition coefficient (Wildman–Crippen LogP) is 5.43. The predicted molar refractivity (Wildman–Crippen MR) is 136 cm³/mol. The molecule has 0 saturated carbocycles. The maximum atomic E-state index is 13.7. The van der Waals surface area contributed by atoms with Gasteiger partial charge in [-0.2, -0.15) is 5.10 Å². The number of carbonyl (C=O) groups is 2. The monoisotopic (exact) mass is 481 g/mol. The number of esters is 1. The van der Waals surface area contributed by atoms with Crippen molar-refractivity contribution in [2.45, 2.75) is 0 Å². The summed E-state index contributed by atoms with van der Waals surface area (Å²) in [6.45, 7) is 0.00232. The number of benzene rings is 3. The molecular weight excluding hydrogens is 462 g/mol. The van der Waals surface area contributed by atoms with Gasteiger partial charge >= 0.3 is 5.97 Å². The normalized spacial score (nSPS) is 12.7. The molecule has 0 amide bonds. The van der Waals surface area contributed by atoms with Gasteiger partial charge in [0.1, 0.15) is 5.71 Å². The van der Waals surface area contributed by atoms with Crippen LogP contribution in [-0.2, 0) is 9.53 Å². The molecule has 1 aliphatic rings. The molecule has 0 atom stereocenters. The highest BCUT2D eigenvalue weighted by molar-refractivity contribution is 6.53. The minimum Gasteiger partial charge on any atom is -0.466 e. The second kappa shape index (κ2) is 9.52. The molecule has 6 nitrogen and oxygen atoms in total. The van der Waals surface area contributed by atoms with Crippen molar-refractivity contribution in [3.8, 4) is 16.9 Å². The van der Waals surface area contributed by atoms with E-state index in [-0.39, 0.29) is 18.0 Å². The minimum atomic E-state index is -0.518. The van der Waals surface area contributed by atoms with Crippen LogP contribution in [0, 0.1) is 0 Å². The van der Waals surface area contributed by atoms with Gasteiger partial charge in [-0.25, -0.2) is 9.48 Å². The SMILES string of the molecule is COC(=O)C1=Cc2nn(-c3ccccc3)c(-c3ccc(Cl)cc3)c2C(C(=O)c2ccccc2)=NC1. The average molecular weight is 482 g/mol. The Bertz CT molecular complexity index is 1470. The summed E-state index contributed by atoms with van der Waals surface area (Å²) in [7, 11) is 1.32. The Morgan fingerprint density at radius 2 is 1.57 bits per heavy atom. The number of carbonyl (C=O) groups excluding carboxylic acids is 2. The van der Waals surface area contributed by atoms with E-state index in [1.165, 1.54) is 7.11 Å². The van der Waals surface area contributed by atoms with Crippen LogP contribution in [0.3, 0.4) is 0 Å². The Balaban J connectivity index is 1.82. The van der Waals surface area contributed by atoms with Crippen molar-refractivity contribution in [1.82, 2.24) is 9.78 Å². The highest BCUT2D eigenvalue weighted by Crippen LogP contribution is 2.34. The number of ether oxygens (including phenoxy) is 1. The topological polar surface area (TPSA) is 73.5 Å². The average Bonchev–Trinajstić information content (AvgIpc) is 3.17. The zero-order valence-corrected chi connectivity index (χ0v) is 19.6. The van der Waals surface area contributed by atoms with Gasteiger partial charge in [0.2, 0.25) is 5.78 Å². The lowest BCUT2D eigenvalue weighted by Crippen LogP contribution is -2.18. The Morgan fingerprint density at radius 1 is 0.914 bits per heavy atom. The summed E-state index contributed by atoms with van der Waals surface area (Å²) in [5.74, 6) is -0.774. The molecular formula is C28H20ClN3O3. The van der Waals surface area contributed by atoms with E-state index in [4.69, 9.17) is 21.4 Å². The van der Waals surface area contributed by atoms with Crippen molar-refractivity contribution in [3.63, 3.8) is 0 Å². The van der Waals surface area contributed by atoms with Crippen LogP contribution in [0.4, 0.5) is 0 Å². The number of methoxy groups -OCH3 is 1. The highest BCUT2D eigenvalue weighted by atomic mass is 35.5. The molecule has 1 aliphatic heterocycles. The molecule has 0 unspecified atom stereocenters. The third kappa shape index (κ3) is 4.32. The van der Waals surface area contributed by atoms with Crippen molar-refractivity contribution < 1.29 is 14.3 Å². The minimum absolute atomic E-state index is 0.00232. The number of ketones is 1. The van der Waals surface area contributed by atoms with Crippen LogP contribution in [0.5, 0.6) is 0 Å². The smallest absolute Gasteiger partial charge is 0.335 e. The van der Waals surface area contributed by atoms with Gasteiger partial charge in [0.25, 0.3) is 0 Å². The van der Waals surface area contributed by atoms with Gasteiger partial charge in [0, 0.05) is 16.1 Å². The number of halogens is 1. The summed E-state index contributed by atoms with van der Waals surface area (Å²) < 4.78 is 6.71. The zero-order valence-electron chi connectivity index (χ0n) is 18.8. The van der Waals surface area contributed by atoms with E-state index in [2.05, 4.69) is 4.99 Å². The second-order valence-corrected chi connectivity index (χ2v) is 8.32. The molecule has 5 rings (SSSR count). The fraction of sp³-hybridized carbons (Fsp3) is 0.0714. The quantitative estimate of drug-likeness (QED) is 0.281. The molecule has 0 N–H and O–H groups in total. The zero-order chi connectivity index (χ0) is 24.4. The lowest BCUT2D eigenvalue weighted by atomic mass is 9.95. The molecule has 0 bridgehead atoms. The van der Waals surface area contributed by atoms with Crippen LogP contribution in [0.2, 0.25) is 5.02 Å². The van der Waals surface area contributed by atoms with Gasteiger partial charge < -0.3 is 4.74 Å². The summed E-state index contributed by atoms with van der Waals surface area (Å²) in [6.07, 6.45) is 1.65. The van der Waals surface area contributed by atoms with Crippen LogP contribution in [0.1, 0.15) is 21.6 Å². The molecule has 1 aromatic heterocycles. The lowest BCUT2D eigenvalue weighted by molar-refractivity contribution is -0.136. The summed E-state index contributed by atoms with van der Waals surface area (Å²) in [5.41, 5.74) is 4.31. The maximum absolute atomic E-state index is 13.7. The molecule has 0 saturated heterocycles. The first-order chi connectivity index (χ1) is 17.1. The Hall–Kier alpha value is -4.29. The van der Waals surface area contributed by atoms with Crippen molar-refractivity contribution in [3.05, 3.63) is 112 Å². The van der Waals surface area contributed by atoms with E-state index < -0.39 is 5.97 Å². The Labute approximate surface area is 207 Å². The van der Waals surface area contributed by atoms with Crippen LogP contribution in [0.15, 0.2) is 95.5 Å². The van der Waals surface area contributed by atoms with E-state index in [1.54, 1.807) is 47.2 Å². The first kappa shape index (κ1) is 22.5. The number of fused-ring (bicyclic) bond motifs is 1. The van der Waals surface area contributed by atoms with Gasteiger partial charge in [-0.15, -0.1) is 0 Å². The second-order valence-electron chi connectivity index (χ2n) is 7.88. The highest BCUT2D eigenvalue weighted by Gasteiger charge is 2.30. The number of nitrogens with zero attached hydrogens (tertiary/aromatic N) is 3. The van der Waals surface area contributed by atoms with Gasteiger partial charge in [0.15, 0.2) is 0 Å². The summed E-state index contributed by atoms with van der Waals surface area (Å²) in [5, 5.41) is 5.43. The number of hydrogen-bond acceptors (Lipinski definition) is 5. The first-order valence-electron chi connectivity index (χ1n) is 10.9.